The van der Waals surface area contributed by atoms with E-state index in [4.69, 9.17) is 5.73 Å². The number of hydrogen-bond donors (Lipinski definition) is 1. The number of aromatic nitrogens is 2. The van der Waals surface area contributed by atoms with Crippen LogP contribution < -0.4 is 5.73 Å². The van der Waals surface area contributed by atoms with E-state index in [-0.39, 0.29) is 0 Å². The van der Waals surface area contributed by atoms with Crippen LogP contribution in [0.3, 0.4) is 0 Å². The predicted octanol–water partition coefficient (Wildman–Crippen LogP) is 2.60. The Morgan fingerprint density at radius 1 is 1.31 bits per heavy atom. The van der Waals surface area contributed by atoms with Crippen LogP contribution in [-0.4, -0.2) is 9.78 Å². The van der Waals surface area contributed by atoms with Crippen LogP contribution in [0.4, 0.5) is 5.69 Å². The monoisotopic (exact) mass is 233 g/mol. The molecular formula is C12H15N3S. The standard InChI is InChI=1S/C12H15N3S/c1-9-11(13)12(15(2)14-9)16-8-10-6-4-3-5-7-10/h3-7H,8,13H2,1-2H3. The normalized spacial score (nSPS) is 10.6. The molecule has 0 spiro atoms. The Bertz CT molecular complexity index is 477. The Hall–Kier alpha value is -1.42. The summed E-state index contributed by atoms with van der Waals surface area (Å²) < 4.78 is 1.85. The van der Waals surface area contributed by atoms with Gasteiger partial charge in [0.15, 0.2) is 0 Å². The highest BCUT2D eigenvalue weighted by Crippen LogP contribution is 2.29. The number of nitrogen functional groups attached to an aromatic ring is 1. The molecule has 2 aromatic rings. The number of rotatable bonds is 3. The second kappa shape index (κ2) is 4.61. The maximum Gasteiger partial charge on any atom is 0.117 e. The fraction of sp³-hybridized carbons (Fsp3) is 0.250. The van der Waals surface area contributed by atoms with Crippen molar-refractivity contribution in [1.29, 1.82) is 0 Å². The maximum absolute atomic E-state index is 5.96. The zero-order chi connectivity index (χ0) is 11.5. The molecule has 1 heterocycles. The van der Waals surface area contributed by atoms with Crippen molar-refractivity contribution in [3.05, 3.63) is 41.6 Å². The number of benzene rings is 1. The highest BCUT2D eigenvalue weighted by atomic mass is 32.2. The molecule has 0 bridgehead atoms. The fourth-order valence-corrected chi connectivity index (χ4v) is 2.58. The number of nitrogens with zero attached hydrogens (tertiary/aromatic N) is 2. The molecule has 0 amide bonds. The van der Waals surface area contributed by atoms with E-state index in [9.17, 15) is 0 Å². The molecule has 2 rings (SSSR count). The third-order valence-electron chi connectivity index (χ3n) is 2.43. The summed E-state index contributed by atoms with van der Waals surface area (Å²) in [7, 11) is 1.93. The van der Waals surface area contributed by atoms with Crippen molar-refractivity contribution in [3.8, 4) is 0 Å². The average molecular weight is 233 g/mol. The summed E-state index contributed by atoms with van der Waals surface area (Å²) in [5.74, 6) is 0.921. The number of aryl methyl sites for hydroxylation is 2. The number of nitrogens with two attached hydrogens (primary N) is 1. The molecule has 0 saturated carbocycles. The molecule has 0 aliphatic rings. The largest absolute Gasteiger partial charge is 0.395 e. The van der Waals surface area contributed by atoms with Crippen LogP contribution in [0.25, 0.3) is 0 Å². The minimum atomic E-state index is 0.795. The van der Waals surface area contributed by atoms with Gasteiger partial charge in [0.25, 0.3) is 0 Å². The van der Waals surface area contributed by atoms with Crippen LogP contribution in [0.2, 0.25) is 0 Å². The van der Waals surface area contributed by atoms with Gasteiger partial charge in [0.05, 0.1) is 11.4 Å². The molecule has 0 saturated heterocycles. The van der Waals surface area contributed by atoms with Gasteiger partial charge in [-0.2, -0.15) is 5.10 Å². The number of anilines is 1. The van der Waals surface area contributed by atoms with Gasteiger partial charge >= 0.3 is 0 Å². The van der Waals surface area contributed by atoms with Gasteiger partial charge in [-0.25, -0.2) is 0 Å². The summed E-state index contributed by atoms with van der Waals surface area (Å²) in [4.78, 5) is 0. The predicted molar refractivity (Wildman–Crippen MR) is 68.4 cm³/mol. The zero-order valence-corrected chi connectivity index (χ0v) is 10.3. The fourth-order valence-electron chi connectivity index (χ4n) is 1.55. The van der Waals surface area contributed by atoms with Gasteiger partial charge in [-0.05, 0) is 12.5 Å². The van der Waals surface area contributed by atoms with Crippen LogP contribution in [-0.2, 0) is 12.8 Å². The van der Waals surface area contributed by atoms with E-state index in [2.05, 4.69) is 17.2 Å². The maximum atomic E-state index is 5.96. The quantitative estimate of drug-likeness (QED) is 0.829. The van der Waals surface area contributed by atoms with Crippen molar-refractivity contribution in [1.82, 2.24) is 9.78 Å². The van der Waals surface area contributed by atoms with Crippen molar-refractivity contribution in [2.75, 3.05) is 5.73 Å². The molecule has 0 aliphatic heterocycles. The number of hydrogen-bond acceptors (Lipinski definition) is 3. The SMILES string of the molecule is Cc1nn(C)c(SCc2ccccc2)c1N. The summed E-state index contributed by atoms with van der Waals surface area (Å²) >= 11 is 1.72. The summed E-state index contributed by atoms with van der Waals surface area (Å²) in [5, 5.41) is 5.34. The molecule has 1 aromatic carbocycles. The molecule has 3 nitrogen and oxygen atoms in total. The molecule has 0 unspecified atom stereocenters. The van der Waals surface area contributed by atoms with E-state index in [1.165, 1.54) is 5.56 Å². The van der Waals surface area contributed by atoms with Crippen molar-refractivity contribution < 1.29 is 0 Å². The lowest BCUT2D eigenvalue weighted by molar-refractivity contribution is 0.693. The van der Waals surface area contributed by atoms with Gasteiger partial charge in [0.2, 0.25) is 0 Å². The first kappa shape index (κ1) is 11.1. The van der Waals surface area contributed by atoms with Crippen molar-refractivity contribution in [3.63, 3.8) is 0 Å². The first-order valence-corrected chi connectivity index (χ1v) is 6.13. The van der Waals surface area contributed by atoms with E-state index in [1.54, 1.807) is 11.8 Å². The topological polar surface area (TPSA) is 43.8 Å². The third kappa shape index (κ3) is 2.22. The van der Waals surface area contributed by atoms with Crippen molar-refractivity contribution >= 4 is 17.4 Å². The molecule has 0 atom stereocenters. The van der Waals surface area contributed by atoms with Gasteiger partial charge in [0, 0.05) is 12.8 Å². The lowest BCUT2D eigenvalue weighted by atomic mass is 10.2. The lowest BCUT2D eigenvalue weighted by Gasteiger charge is -2.03. The van der Waals surface area contributed by atoms with Crippen LogP contribution in [0, 0.1) is 6.92 Å². The summed E-state index contributed by atoms with van der Waals surface area (Å²) in [6, 6.07) is 10.4. The highest BCUT2D eigenvalue weighted by Gasteiger charge is 2.10. The van der Waals surface area contributed by atoms with E-state index in [0.717, 1.165) is 22.2 Å². The second-order valence-corrected chi connectivity index (χ2v) is 4.67. The minimum absolute atomic E-state index is 0.795. The first-order valence-electron chi connectivity index (χ1n) is 5.14. The molecule has 0 fully saturated rings. The minimum Gasteiger partial charge on any atom is -0.395 e. The average Bonchev–Trinajstić information content (AvgIpc) is 2.53. The van der Waals surface area contributed by atoms with Gasteiger partial charge in [-0.3, -0.25) is 4.68 Å². The molecular weight excluding hydrogens is 218 g/mol. The van der Waals surface area contributed by atoms with E-state index >= 15 is 0 Å². The Kier molecular flexibility index (Phi) is 3.19. The molecule has 0 aliphatic carbocycles. The Morgan fingerprint density at radius 3 is 2.56 bits per heavy atom. The summed E-state index contributed by atoms with van der Waals surface area (Å²) in [6.45, 7) is 1.93. The van der Waals surface area contributed by atoms with Crippen molar-refractivity contribution in [2.24, 2.45) is 7.05 Å². The third-order valence-corrected chi connectivity index (χ3v) is 3.67. The second-order valence-electron chi connectivity index (χ2n) is 3.70. The van der Waals surface area contributed by atoms with Crippen LogP contribution in [0.1, 0.15) is 11.3 Å². The molecule has 1 aromatic heterocycles. The first-order chi connectivity index (χ1) is 7.68. The van der Waals surface area contributed by atoms with E-state index < -0.39 is 0 Å². The molecule has 4 heteroatoms. The Balaban J connectivity index is 2.11. The molecule has 84 valence electrons. The van der Waals surface area contributed by atoms with Crippen LogP contribution >= 0.6 is 11.8 Å². The lowest BCUT2D eigenvalue weighted by Crippen LogP contribution is -1.94. The molecule has 0 radical (unpaired) electrons. The molecule has 16 heavy (non-hydrogen) atoms. The number of thioether (sulfide) groups is 1. The summed E-state index contributed by atoms with van der Waals surface area (Å²) in [6.07, 6.45) is 0. The highest BCUT2D eigenvalue weighted by molar-refractivity contribution is 7.98. The van der Waals surface area contributed by atoms with Crippen LogP contribution in [0.5, 0.6) is 0 Å². The van der Waals surface area contributed by atoms with Gasteiger partial charge in [0.1, 0.15) is 5.03 Å². The van der Waals surface area contributed by atoms with Gasteiger partial charge in [-0.15, -0.1) is 0 Å². The Morgan fingerprint density at radius 2 is 2.00 bits per heavy atom. The van der Waals surface area contributed by atoms with Crippen molar-refractivity contribution in [2.45, 2.75) is 17.7 Å². The van der Waals surface area contributed by atoms with Crippen LogP contribution in [0.15, 0.2) is 35.4 Å². The summed E-state index contributed by atoms with van der Waals surface area (Å²) in [5.41, 5.74) is 8.96. The smallest absolute Gasteiger partial charge is 0.117 e. The Labute approximate surface area is 99.7 Å². The van der Waals surface area contributed by atoms with Gasteiger partial charge in [-0.1, -0.05) is 42.1 Å². The molecule has 2 N–H and O–H groups in total. The van der Waals surface area contributed by atoms with E-state index in [0.29, 0.717) is 0 Å². The zero-order valence-electron chi connectivity index (χ0n) is 9.47. The van der Waals surface area contributed by atoms with E-state index in [1.807, 2.05) is 36.9 Å². The van der Waals surface area contributed by atoms with Gasteiger partial charge < -0.3 is 5.73 Å².